The van der Waals surface area contributed by atoms with E-state index in [4.69, 9.17) is 0 Å². The lowest BCUT2D eigenvalue weighted by molar-refractivity contribution is -0.116. The molecule has 0 atom stereocenters. The number of nitrogens with one attached hydrogen (secondary N) is 1. The Morgan fingerprint density at radius 3 is 2.50 bits per heavy atom. The Kier molecular flexibility index (Phi) is 3.55. The van der Waals surface area contributed by atoms with Crippen LogP contribution in [0.5, 0.6) is 0 Å². The van der Waals surface area contributed by atoms with Crippen LogP contribution in [0.3, 0.4) is 0 Å². The van der Waals surface area contributed by atoms with Crippen molar-refractivity contribution in [1.29, 1.82) is 0 Å². The summed E-state index contributed by atoms with van der Waals surface area (Å²) in [6.07, 6.45) is 1.38. The zero-order chi connectivity index (χ0) is 13.1. The van der Waals surface area contributed by atoms with E-state index >= 15 is 0 Å². The van der Waals surface area contributed by atoms with E-state index in [-0.39, 0.29) is 5.91 Å². The van der Waals surface area contributed by atoms with Crippen LogP contribution < -0.4 is 5.32 Å². The molecule has 0 aliphatic rings. The minimum atomic E-state index is 0.0358. The van der Waals surface area contributed by atoms with Gasteiger partial charge in [-0.05, 0) is 38.5 Å². The summed E-state index contributed by atoms with van der Waals surface area (Å²) in [7, 11) is 0. The molecule has 2 rings (SSSR count). The van der Waals surface area contributed by atoms with Crippen LogP contribution in [0.25, 0.3) is 11.0 Å². The highest BCUT2D eigenvalue weighted by Gasteiger charge is 2.05. The highest BCUT2D eigenvalue weighted by atomic mass is 16.1. The van der Waals surface area contributed by atoms with E-state index in [1.807, 2.05) is 39.0 Å². The van der Waals surface area contributed by atoms with Gasteiger partial charge in [0, 0.05) is 12.1 Å². The monoisotopic (exact) mass is 243 g/mol. The molecule has 0 unspecified atom stereocenters. The van der Waals surface area contributed by atoms with Crippen LogP contribution in [0.15, 0.2) is 18.2 Å². The number of anilines is 1. The van der Waals surface area contributed by atoms with Gasteiger partial charge in [-0.25, -0.2) is 9.97 Å². The van der Waals surface area contributed by atoms with Crippen molar-refractivity contribution in [2.24, 2.45) is 0 Å². The molecule has 4 heteroatoms. The van der Waals surface area contributed by atoms with Crippen LogP contribution in [0, 0.1) is 13.8 Å². The molecule has 1 amide bonds. The van der Waals surface area contributed by atoms with Crippen molar-refractivity contribution >= 4 is 22.6 Å². The number of carbonyl (C=O) groups excluding carboxylic acids is 1. The van der Waals surface area contributed by atoms with Gasteiger partial charge in [0.25, 0.3) is 0 Å². The van der Waals surface area contributed by atoms with E-state index in [0.717, 1.165) is 34.5 Å². The van der Waals surface area contributed by atoms with Crippen molar-refractivity contribution in [2.75, 3.05) is 5.32 Å². The summed E-state index contributed by atoms with van der Waals surface area (Å²) in [5.41, 5.74) is 4.29. The second-order valence-electron chi connectivity index (χ2n) is 4.40. The summed E-state index contributed by atoms with van der Waals surface area (Å²) >= 11 is 0. The van der Waals surface area contributed by atoms with Crippen molar-refractivity contribution in [3.63, 3.8) is 0 Å². The molecule has 1 aromatic heterocycles. The number of benzene rings is 1. The summed E-state index contributed by atoms with van der Waals surface area (Å²) in [5, 5.41) is 2.86. The molecule has 18 heavy (non-hydrogen) atoms. The topological polar surface area (TPSA) is 54.9 Å². The zero-order valence-corrected chi connectivity index (χ0v) is 10.9. The van der Waals surface area contributed by atoms with E-state index in [2.05, 4.69) is 15.3 Å². The Hall–Kier alpha value is -1.97. The Balaban J connectivity index is 2.32. The molecule has 2 aromatic rings. The van der Waals surface area contributed by atoms with Gasteiger partial charge in [-0.3, -0.25) is 4.79 Å². The fraction of sp³-hybridized carbons (Fsp3) is 0.357. The summed E-state index contributed by atoms with van der Waals surface area (Å²) in [4.78, 5) is 20.5. The SMILES string of the molecule is CCCC(=O)Nc1ccc2nc(C)c(C)nc2c1. The average Bonchev–Trinajstić information content (AvgIpc) is 2.31. The first-order chi connectivity index (χ1) is 8.60. The highest BCUT2D eigenvalue weighted by Crippen LogP contribution is 2.17. The van der Waals surface area contributed by atoms with Gasteiger partial charge in [0.15, 0.2) is 0 Å². The molecule has 0 saturated carbocycles. The number of hydrogen-bond acceptors (Lipinski definition) is 3. The molecular formula is C14H17N3O. The summed E-state index contributed by atoms with van der Waals surface area (Å²) in [6.45, 7) is 5.86. The summed E-state index contributed by atoms with van der Waals surface area (Å²) in [6, 6.07) is 5.61. The summed E-state index contributed by atoms with van der Waals surface area (Å²) < 4.78 is 0. The largest absolute Gasteiger partial charge is 0.326 e. The van der Waals surface area contributed by atoms with Gasteiger partial charge >= 0.3 is 0 Å². The van der Waals surface area contributed by atoms with Gasteiger partial charge < -0.3 is 5.32 Å². The normalized spacial score (nSPS) is 10.6. The number of fused-ring (bicyclic) bond motifs is 1. The quantitative estimate of drug-likeness (QED) is 0.901. The van der Waals surface area contributed by atoms with Crippen molar-refractivity contribution in [2.45, 2.75) is 33.6 Å². The molecule has 0 bridgehead atoms. The molecule has 0 aliphatic carbocycles. The van der Waals surface area contributed by atoms with Crippen LogP contribution in [-0.2, 0) is 4.79 Å². The van der Waals surface area contributed by atoms with Crippen LogP contribution in [0.4, 0.5) is 5.69 Å². The molecule has 0 radical (unpaired) electrons. The van der Waals surface area contributed by atoms with E-state index in [1.165, 1.54) is 0 Å². The molecule has 0 aliphatic heterocycles. The molecule has 0 spiro atoms. The van der Waals surface area contributed by atoms with Gasteiger partial charge in [-0.2, -0.15) is 0 Å². The third kappa shape index (κ3) is 2.64. The van der Waals surface area contributed by atoms with Crippen molar-refractivity contribution in [3.8, 4) is 0 Å². The maximum absolute atomic E-state index is 11.5. The van der Waals surface area contributed by atoms with Crippen LogP contribution in [0.2, 0.25) is 0 Å². The van der Waals surface area contributed by atoms with E-state index < -0.39 is 0 Å². The molecule has 94 valence electrons. The first kappa shape index (κ1) is 12.5. The molecule has 1 heterocycles. The number of aromatic nitrogens is 2. The van der Waals surface area contributed by atoms with E-state index in [9.17, 15) is 4.79 Å². The minimum absolute atomic E-state index is 0.0358. The smallest absolute Gasteiger partial charge is 0.224 e. The number of carbonyl (C=O) groups is 1. The van der Waals surface area contributed by atoms with Gasteiger partial charge in [-0.15, -0.1) is 0 Å². The van der Waals surface area contributed by atoms with E-state index in [1.54, 1.807) is 0 Å². The molecule has 1 N–H and O–H groups in total. The Bertz CT molecular complexity index is 593. The van der Waals surface area contributed by atoms with Gasteiger partial charge in [0.2, 0.25) is 5.91 Å². The third-order valence-corrected chi connectivity index (χ3v) is 2.84. The summed E-state index contributed by atoms with van der Waals surface area (Å²) in [5.74, 6) is 0.0358. The first-order valence-electron chi connectivity index (χ1n) is 6.15. The van der Waals surface area contributed by atoms with Crippen LogP contribution in [-0.4, -0.2) is 15.9 Å². The molecule has 4 nitrogen and oxygen atoms in total. The maximum Gasteiger partial charge on any atom is 0.224 e. The zero-order valence-electron chi connectivity index (χ0n) is 10.9. The maximum atomic E-state index is 11.5. The van der Waals surface area contributed by atoms with E-state index in [0.29, 0.717) is 6.42 Å². The average molecular weight is 243 g/mol. The standard InChI is InChI=1S/C14H17N3O/c1-4-5-14(18)17-11-6-7-12-13(8-11)16-10(3)9(2)15-12/h6-8H,4-5H2,1-3H3,(H,17,18). The van der Waals surface area contributed by atoms with Gasteiger partial charge in [-0.1, -0.05) is 6.92 Å². The fourth-order valence-corrected chi connectivity index (χ4v) is 1.76. The lowest BCUT2D eigenvalue weighted by atomic mass is 10.2. The molecule has 1 aromatic carbocycles. The highest BCUT2D eigenvalue weighted by molar-refractivity contribution is 5.92. The Morgan fingerprint density at radius 1 is 1.17 bits per heavy atom. The predicted molar refractivity (Wildman–Crippen MR) is 72.5 cm³/mol. The van der Waals surface area contributed by atoms with Crippen LogP contribution in [0.1, 0.15) is 31.2 Å². The number of nitrogens with zero attached hydrogens (tertiary/aromatic N) is 2. The number of hydrogen-bond donors (Lipinski definition) is 1. The number of aryl methyl sites for hydroxylation is 2. The van der Waals surface area contributed by atoms with Crippen LogP contribution >= 0.6 is 0 Å². The first-order valence-corrected chi connectivity index (χ1v) is 6.15. The second-order valence-corrected chi connectivity index (χ2v) is 4.40. The lowest BCUT2D eigenvalue weighted by Gasteiger charge is -2.06. The number of rotatable bonds is 3. The van der Waals surface area contributed by atoms with Crippen molar-refractivity contribution < 1.29 is 4.79 Å². The molecule has 0 fully saturated rings. The fourth-order valence-electron chi connectivity index (χ4n) is 1.76. The number of amides is 1. The lowest BCUT2D eigenvalue weighted by Crippen LogP contribution is -2.10. The molecular weight excluding hydrogens is 226 g/mol. The third-order valence-electron chi connectivity index (χ3n) is 2.84. The molecule has 0 saturated heterocycles. The van der Waals surface area contributed by atoms with Gasteiger partial charge in [0.1, 0.15) is 0 Å². The van der Waals surface area contributed by atoms with Crippen molar-refractivity contribution in [1.82, 2.24) is 9.97 Å². The van der Waals surface area contributed by atoms with Gasteiger partial charge in [0.05, 0.1) is 22.4 Å². The Morgan fingerprint density at radius 2 is 1.83 bits per heavy atom. The van der Waals surface area contributed by atoms with Crippen molar-refractivity contribution in [3.05, 3.63) is 29.6 Å². The Labute approximate surface area is 106 Å². The minimum Gasteiger partial charge on any atom is -0.326 e. The second kappa shape index (κ2) is 5.12. The predicted octanol–water partition coefficient (Wildman–Crippen LogP) is 2.99.